The van der Waals surface area contributed by atoms with Gasteiger partial charge in [-0.3, -0.25) is 0 Å². The first-order valence-electron chi connectivity index (χ1n) is 7.72. The van der Waals surface area contributed by atoms with Crippen LogP contribution >= 0.6 is 15.9 Å². The summed E-state index contributed by atoms with van der Waals surface area (Å²) in [4.78, 5) is 0. The van der Waals surface area contributed by atoms with Gasteiger partial charge < -0.3 is 14.8 Å². The molecule has 126 valence electrons. The van der Waals surface area contributed by atoms with Gasteiger partial charge in [0.05, 0.1) is 31.2 Å². The third kappa shape index (κ3) is 5.14. The number of halogens is 1. The maximum Gasteiger partial charge on any atom is 0.0700 e. The second-order valence-corrected chi connectivity index (χ2v) is 6.24. The quantitative estimate of drug-likeness (QED) is 0.678. The van der Waals surface area contributed by atoms with Crippen molar-refractivity contribution >= 4 is 15.9 Å². The van der Waals surface area contributed by atoms with Crippen molar-refractivity contribution in [3.8, 4) is 5.69 Å². The predicted molar refractivity (Wildman–Crippen MR) is 95.1 cm³/mol. The van der Waals surface area contributed by atoms with Gasteiger partial charge in [0.2, 0.25) is 0 Å². The van der Waals surface area contributed by atoms with E-state index in [-0.39, 0.29) is 0 Å². The summed E-state index contributed by atoms with van der Waals surface area (Å²) in [5.74, 6) is 0. The van der Waals surface area contributed by atoms with Crippen molar-refractivity contribution < 1.29 is 9.47 Å². The minimum absolute atomic E-state index is 0.637. The molecule has 0 spiro atoms. The van der Waals surface area contributed by atoms with E-state index < -0.39 is 0 Å². The first-order valence-corrected chi connectivity index (χ1v) is 8.51. The number of methoxy groups -OCH3 is 1. The number of rotatable bonds is 9. The van der Waals surface area contributed by atoms with Crippen LogP contribution in [0.15, 0.2) is 28.7 Å². The highest BCUT2D eigenvalue weighted by molar-refractivity contribution is 9.10. The van der Waals surface area contributed by atoms with Crippen LogP contribution in [0.5, 0.6) is 0 Å². The topological polar surface area (TPSA) is 48.3 Å². The van der Waals surface area contributed by atoms with E-state index in [1.807, 2.05) is 16.8 Å². The first kappa shape index (κ1) is 18.1. The van der Waals surface area contributed by atoms with Crippen LogP contribution in [0, 0.1) is 13.8 Å². The minimum atomic E-state index is 0.637. The van der Waals surface area contributed by atoms with Gasteiger partial charge in [-0.2, -0.15) is 5.10 Å². The molecule has 0 fully saturated rings. The lowest BCUT2D eigenvalue weighted by Gasteiger charge is -2.08. The normalized spacial score (nSPS) is 11.1. The maximum atomic E-state index is 5.45. The van der Waals surface area contributed by atoms with E-state index in [2.05, 4.69) is 52.3 Å². The van der Waals surface area contributed by atoms with E-state index in [0.29, 0.717) is 19.8 Å². The fourth-order valence-corrected chi connectivity index (χ4v) is 2.63. The molecule has 0 saturated carbocycles. The zero-order valence-corrected chi connectivity index (χ0v) is 15.5. The summed E-state index contributed by atoms with van der Waals surface area (Å²) in [6, 6.07) is 8.18. The fraction of sp³-hybridized carbons (Fsp3) is 0.471. The van der Waals surface area contributed by atoms with E-state index in [1.54, 1.807) is 7.11 Å². The van der Waals surface area contributed by atoms with Crippen molar-refractivity contribution in [2.75, 3.05) is 33.5 Å². The van der Waals surface area contributed by atoms with Crippen LogP contribution in [0.4, 0.5) is 0 Å². The summed E-state index contributed by atoms with van der Waals surface area (Å²) in [6.45, 7) is 7.72. The smallest absolute Gasteiger partial charge is 0.0700 e. The number of nitrogens with zero attached hydrogens (tertiary/aromatic N) is 2. The van der Waals surface area contributed by atoms with Gasteiger partial charge in [-0.1, -0.05) is 15.9 Å². The summed E-state index contributed by atoms with van der Waals surface area (Å²) in [5, 5.41) is 8.07. The average molecular weight is 382 g/mol. The van der Waals surface area contributed by atoms with Crippen molar-refractivity contribution in [2.24, 2.45) is 0 Å². The van der Waals surface area contributed by atoms with Crippen molar-refractivity contribution in [1.29, 1.82) is 0 Å². The molecule has 0 aliphatic heterocycles. The van der Waals surface area contributed by atoms with Crippen LogP contribution in [0.25, 0.3) is 5.69 Å². The molecule has 1 heterocycles. The fourth-order valence-electron chi connectivity index (χ4n) is 2.37. The van der Waals surface area contributed by atoms with E-state index >= 15 is 0 Å². The van der Waals surface area contributed by atoms with Crippen LogP contribution in [-0.4, -0.2) is 43.3 Å². The van der Waals surface area contributed by atoms with Crippen LogP contribution in [0.2, 0.25) is 0 Å². The molecular weight excluding hydrogens is 358 g/mol. The number of benzene rings is 1. The Labute approximate surface area is 146 Å². The molecule has 2 aromatic rings. The molecule has 1 aromatic heterocycles. The van der Waals surface area contributed by atoms with E-state index in [4.69, 9.17) is 9.47 Å². The Balaban J connectivity index is 1.92. The summed E-state index contributed by atoms with van der Waals surface area (Å²) < 4.78 is 13.4. The molecule has 23 heavy (non-hydrogen) atoms. The van der Waals surface area contributed by atoms with Gasteiger partial charge in [0, 0.05) is 35.9 Å². The van der Waals surface area contributed by atoms with Crippen LogP contribution in [0.3, 0.4) is 0 Å². The van der Waals surface area contributed by atoms with E-state index in [0.717, 1.165) is 34.6 Å². The number of aryl methyl sites for hydroxylation is 1. The first-order chi connectivity index (χ1) is 11.1. The molecule has 0 radical (unpaired) electrons. The molecule has 6 heteroatoms. The molecule has 1 aromatic carbocycles. The molecule has 5 nitrogen and oxygen atoms in total. The lowest BCUT2D eigenvalue weighted by atomic mass is 10.2. The van der Waals surface area contributed by atoms with Gasteiger partial charge in [-0.15, -0.1) is 0 Å². The van der Waals surface area contributed by atoms with E-state index in [9.17, 15) is 0 Å². The highest BCUT2D eigenvalue weighted by Gasteiger charge is 2.12. The molecule has 2 rings (SSSR count). The lowest BCUT2D eigenvalue weighted by molar-refractivity contribution is 0.0719. The Kier molecular flexibility index (Phi) is 7.23. The van der Waals surface area contributed by atoms with Gasteiger partial charge in [0.1, 0.15) is 0 Å². The van der Waals surface area contributed by atoms with Crippen molar-refractivity contribution in [3.63, 3.8) is 0 Å². The van der Waals surface area contributed by atoms with E-state index in [1.165, 1.54) is 5.56 Å². The Morgan fingerprint density at radius 2 is 1.87 bits per heavy atom. The summed E-state index contributed by atoms with van der Waals surface area (Å²) in [7, 11) is 1.68. The van der Waals surface area contributed by atoms with Crippen LogP contribution in [0.1, 0.15) is 17.0 Å². The van der Waals surface area contributed by atoms with Crippen molar-refractivity contribution in [2.45, 2.75) is 20.4 Å². The molecule has 0 unspecified atom stereocenters. The lowest BCUT2D eigenvalue weighted by Crippen LogP contribution is -2.20. The van der Waals surface area contributed by atoms with Gasteiger partial charge >= 0.3 is 0 Å². The number of hydrogen-bond acceptors (Lipinski definition) is 4. The van der Waals surface area contributed by atoms with Crippen molar-refractivity contribution in [1.82, 2.24) is 15.1 Å². The number of ether oxygens (including phenoxy) is 2. The SMILES string of the molecule is COCCOCCNCc1c(C)nn(-c2ccc(Br)cc2)c1C. The van der Waals surface area contributed by atoms with Gasteiger partial charge in [-0.05, 0) is 38.1 Å². The van der Waals surface area contributed by atoms with Gasteiger partial charge in [-0.25, -0.2) is 4.68 Å². The predicted octanol–water partition coefficient (Wildman–Crippen LogP) is 3.00. The maximum absolute atomic E-state index is 5.45. The highest BCUT2D eigenvalue weighted by atomic mass is 79.9. The monoisotopic (exact) mass is 381 g/mol. The van der Waals surface area contributed by atoms with Gasteiger partial charge in [0.25, 0.3) is 0 Å². The van der Waals surface area contributed by atoms with Crippen LogP contribution in [-0.2, 0) is 16.0 Å². The minimum Gasteiger partial charge on any atom is -0.382 e. The third-order valence-corrected chi connectivity index (χ3v) is 4.20. The van der Waals surface area contributed by atoms with Gasteiger partial charge in [0.15, 0.2) is 0 Å². The largest absolute Gasteiger partial charge is 0.382 e. The zero-order chi connectivity index (χ0) is 16.7. The molecular formula is C17H24BrN3O2. The Hall–Kier alpha value is -1.21. The number of nitrogens with one attached hydrogen (secondary N) is 1. The molecule has 0 amide bonds. The molecule has 0 aliphatic rings. The highest BCUT2D eigenvalue weighted by Crippen LogP contribution is 2.19. The summed E-state index contributed by atoms with van der Waals surface area (Å²) in [5.41, 5.74) is 4.53. The molecule has 1 N–H and O–H groups in total. The standard InChI is InChI=1S/C17H24BrN3O2/c1-13-17(12-19-8-9-23-11-10-22-3)14(2)21(20-13)16-6-4-15(18)5-7-16/h4-7,19H,8-12H2,1-3H3. The average Bonchev–Trinajstić information content (AvgIpc) is 2.82. The Bertz CT molecular complexity index is 611. The summed E-state index contributed by atoms with van der Waals surface area (Å²) >= 11 is 3.46. The molecule has 0 bridgehead atoms. The number of aromatic nitrogens is 2. The number of hydrogen-bond donors (Lipinski definition) is 1. The molecule has 0 aliphatic carbocycles. The Morgan fingerprint density at radius 1 is 1.13 bits per heavy atom. The second-order valence-electron chi connectivity index (χ2n) is 5.32. The zero-order valence-electron chi connectivity index (χ0n) is 13.9. The molecule has 0 atom stereocenters. The Morgan fingerprint density at radius 3 is 2.57 bits per heavy atom. The molecule has 0 saturated heterocycles. The summed E-state index contributed by atoms with van der Waals surface area (Å²) in [6.07, 6.45) is 0. The third-order valence-electron chi connectivity index (χ3n) is 3.67. The van der Waals surface area contributed by atoms with Crippen molar-refractivity contribution in [3.05, 3.63) is 45.7 Å². The second kappa shape index (κ2) is 9.17. The van der Waals surface area contributed by atoms with Crippen LogP contribution < -0.4 is 5.32 Å².